The summed E-state index contributed by atoms with van der Waals surface area (Å²) in [7, 11) is -3.91. The number of halogens is 3. The first kappa shape index (κ1) is 22.2. The van der Waals surface area contributed by atoms with E-state index in [2.05, 4.69) is 21.2 Å². The minimum atomic E-state index is -3.91. The molecule has 0 spiro atoms. The monoisotopic (exact) mass is 502 g/mol. The highest BCUT2D eigenvalue weighted by Gasteiger charge is 2.34. The first-order valence-electron chi connectivity index (χ1n) is 9.29. The largest absolute Gasteiger partial charge is 0.322 e. The Bertz CT molecular complexity index is 980. The van der Waals surface area contributed by atoms with Gasteiger partial charge in [-0.1, -0.05) is 46.8 Å². The average Bonchev–Trinajstić information content (AvgIpc) is 2.69. The molecular weight excluding hydrogens is 483 g/mol. The normalized spacial score (nSPS) is 15.4. The Kier molecular flexibility index (Phi) is 7.32. The van der Waals surface area contributed by atoms with E-state index in [0.717, 1.165) is 19.3 Å². The molecule has 2 aromatic rings. The van der Waals surface area contributed by atoms with Crippen LogP contribution in [0.15, 0.2) is 51.8 Å². The fourth-order valence-corrected chi connectivity index (χ4v) is 5.54. The smallest absolute Gasteiger partial charge is 0.243 e. The Balaban J connectivity index is 1.85. The molecule has 1 fully saturated rings. The number of hydrogen-bond donors (Lipinski definition) is 1. The number of nitrogens with zero attached hydrogens (tertiary/aromatic N) is 1. The molecular formula is C20H21BrClFN2O3S. The van der Waals surface area contributed by atoms with Gasteiger partial charge >= 0.3 is 0 Å². The fraction of sp³-hybridized carbons (Fsp3) is 0.350. The molecule has 2 aromatic carbocycles. The predicted octanol–water partition coefficient (Wildman–Crippen LogP) is 5.20. The Morgan fingerprint density at radius 1 is 1.14 bits per heavy atom. The van der Waals surface area contributed by atoms with E-state index >= 15 is 0 Å². The van der Waals surface area contributed by atoms with E-state index in [1.54, 1.807) is 6.07 Å². The summed E-state index contributed by atoms with van der Waals surface area (Å²) >= 11 is 9.04. The molecule has 3 rings (SSSR count). The van der Waals surface area contributed by atoms with Crippen molar-refractivity contribution in [3.63, 3.8) is 0 Å². The molecule has 0 radical (unpaired) electrons. The van der Waals surface area contributed by atoms with Crippen LogP contribution >= 0.6 is 27.5 Å². The maximum absolute atomic E-state index is 14.1. The maximum Gasteiger partial charge on any atom is 0.243 e. The third-order valence-corrected chi connectivity index (χ3v) is 7.56. The van der Waals surface area contributed by atoms with Crippen molar-refractivity contribution < 1.29 is 17.6 Å². The van der Waals surface area contributed by atoms with E-state index in [9.17, 15) is 17.6 Å². The molecule has 0 aromatic heterocycles. The molecule has 5 nitrogen and oxygen atoms in total. The third-order valence-electron chi connectivity index (χ3n) is 4.91. The van der Waals surface area contributed by atoms with Gasteiger partial charge in [0, 0.05) is 15.5 Å². The first-order chi connectivity index (χ1) is 13.8. The lowest BCUT2D eigenvalue weighted by Crippen LogP contribution is -2.45. The molecule has 156 valence electrons. The van der Waals surface area contributed by atoms with Gasteiger partial charge in [0.25, 0.3) is 0 Å². The summed E-state index contributed by atoms with van der Waals surface area (Å²) < 4.78 is 42.4. The van der Waals surface area contributed by atoms with Gasteiger partial charge in [0.2, 0.25) is 15.9 Å². The van der Waals surface area contributed by atoms with E-state index in [4.69, 9.17) is 11.6 Å². The van der Waals surface area contributed by atoms with Crippen LogP contribution in [0.3, 0.4) is 0 Å². The Hall–Kier alpha value is -1.48. The van der Waals surface area contributed by atoms with Crippen LogP contribution in [-0.4, -0.2) is 31.2 Å². The fourth-order valence-electron chi connectivity index (χ4n) is 3.44. The highest BCUT2D eigenvalue weighted by molar-refractivity contribution is 9.10. The quantitative estimate of drug-likeness (QED) is 0.589. The average molecular weight is 504 g/mol. The van der Waals surface area contributed by atoms with Crippen LogP contribution in [0.2, 0.25) is 5.02 Å². The van der Waals surface area contributed by atoms with Crippen LogP contribution in [0.25, 0.3) is 0 Å². The number of nitrogens with one attached hydrogen (secondary N) is 1. The van der Waals surface area contributed by atoms with Crippen LogP contribution in [0.5, 0.6) is 0 Å². The zero-order chi connectivity index (χ0) is 21.0. The van der Waals surface area contributed by atoms with Gasteiger partial charge in [0.1, 0.15) is 5.82 Å². The molecule has 29 heavy (non-hydrogen) atoms. The Labute approximate surface area is 183 Å². The minimum absolute atomic E-state index is 0.00526. The molecule has 1 N–H and O–H groups in total. The number of carbonyl (C=O) groups is 1. The van der Waals surface area contributed by atoms with Crippen molar-refractivity contribution in [2.24, 2.45) is 0 Å². The first-order valence-corrected chi connectivity index (χ1v) is 11.9. The van der Waals surface area contributed by atoms with Crippen LogP contribution < -0.4 is 5.32 Å². The summed E-state index contributed by atoms with van der Waals surface area (Å²) in [5.41, 5.74) is 0.00526. The summed E-state index contributed by atoms with van der Waals surface area (Å²) in [5, 5.41) is 2.91. The number of anilines is 1. The Morgan fingerprint density at radius 2 is 1.79 bits per heavy atom. The molecule has 0 heterocycles. The molecule has 1 aliphatic rings. The molecule has 0 atom stereocenters. The van der Waals surface area contributed by atoms with Gasteiger partial charge < -0.3 is 5.32 Å². The van der Waals surface area contributed by atoms with Crippen molar-refractivity contribution in [2.75, 3.05) is 11.9 Å². The lowest BCUT2D eigenvalue weighted by atomic mass is 9.95. The second kappa shape index (κ2) is 9.55. The van der Waals surface area contributed by atoms with Gasteiger partial charge in [-0.3, -0.25) is 4.79 Å². The van der Waals surface area contributed by atoms with Gasteiger partial charge in [-0.15, -0.1) is 0 Å². The number of hydrogen-bond acceptors (Lipinski definition) is 3. The van der Waals surface area contributed by atoms with E-state index in [-0.39, 0.29) is 23.2 Å². The van der Waals surface area contributed by atoms with E-state index in [1.165, 1.54) is 40.7 Å². The van der Waals surface area contributed by atoms with Crippen LogP contribution in [0.4, 0.5) is 10.1 Å². The Morgan fingerprint density at radius 3 is 2.41 bits per heavy atom. The van der Waals surface area contributed by atoms with Crippen molar-refractivity contribution in [1.82, 2.24) is 4.31 Å². The molecule has 0 unspecified atom stereocenters. The van der Waals surface area contributed by atoms with Crippen LogP contribution in [0.1, 0.15) is 32.1 Å². The van der Waals surface area contributed by atoms with Crippen molar-refractivity contribution >= 4 is 49.1 Å². The van der Waals surface area contributed by atoms with Crippen molar-refractivity contribution in [1.29, 1.82) is 0 Å². The van der Waals surface area contributed by atoms with Crippen molar-refractivity contribution in [2.45, 2.75) is 43.0 Å². The summed E-state index contributed by atoms with van der Waals surface area (Å²) in [6.45, 7) is -0.384. The van der Waals surface area contributed by atoms with Gasteiger partial charge in [-0.2, -0.15) is 4.31 Å². The summed E-state index contributed by atoms with van der Waals surface area (Å²) in [4.78, 5) is 12.7. The highest BCUT2D eigenvalue weighted by Crippen LogP contribution is 2.28. The molecule has 0 saturated heterocycles. The standard InChI is InChI=1S/C20H21BrClFN2O3S/c21-14-6-11-19(18(23)12-14)24-20(26)13-25(16-4-2-1-3-5-16)29(27,28)17-9-7-15(22)8-10-17/h6-12,16H,1-5,13H2,(H,24,26). The topological polar surface area (TPSA) is 66.5 Å². The van der Waals surface area contributed by atoms with E-state index < -0.39 is 21.7 Å². The van der Waals surface area contributed by atoms with Crippen molar-refractivity contribution in [3.05, 3.63) is 57.8 Å². The second-order valence-corrected chi connectivity index (χ2v) is 10.2. The van der Waals surface area contributed by atoms with E-state index in [0.29, 0.717) is 22.3 Å². The minimum Gasteiger partial charge on any atom is -0.322 e. The number of carbonyl (C=O) groups excluding carboxylic acids is 1. The lowest BCUT2D eigenvalue weighted by molar-refractivity contribution is -0.116. The van der Waals surface area contributed by atoms with Gasteiger partial charge in [-0.05, 0) is 55.3 Å². The number of amides is 1. The molecule has 0 aliphatic heterocycles. The molecule has 0 bridgehead atoms. The number of benzene rings is 2. The molecule has 9 heteroatoms. The van der Waals surface area contributed by atoms with Crippen LogP contribution in [0, 0.1) is 5.82 Å². The van der Waals surface area contributed by atoms with Gasteiger partial charge in [0.05, 0.1) is 17.1 Å². The van der Waals surface area contributed by atoms with E-state index in [1.807, 2.05) is 0 Å². The van der Waals surface area contributed by atoms with Gasteiger partial charge in [0.15, 0.2) is 0 Å². The third kappa shape index (κ3) is 5.57. The lowest BCUT2D eigenvalue weighted by Gasteiger charge is -2.33. The molecule has 1 saturated carbocycles. The zero-order valence-corrected chi connectivity index (χ0v) is 18.7. The highest BCUT2D eigenvalue weighted by atomic mass is 79.9. The van der Waals surface area contributed by atoms with Crippen molar-refractivity contribution in [3.8, 4) is 0 Å². The maximum atomic E-state index is 14.1. The zero-order valence-electron chi connectivity index (χ0n) is 15.6. The summed E-state index contributed by atoms with van der Waals surface area (Å²) in [6.07, 6.45) is 4.22. The van der Waals surface area contributed by atoms with Crippen LogP contribution in [-0.2, 0) is 14.8 Å². The molecule has 1 aliphatic carbocycles. The predicted molar refractivity (Wildman–Crippen MR) is 115 cm³/mol. The summed E-state index contributed by atoms with van der Waals surface area (Å²) in [6, 6.07) is 9.86. The molecule has 1 amide bonds. The van der Waals surface area contributed by atoms with Gasteiger partial charge in [-0.25, -0.2) is 12.8 Å². The SMILES string of the molecule is O=C(CN(C1CCCCC1)S(=O)(=O)c1ccc(Cl)cc1)Nc1ccc(Br)cc1F. The summed E-state index contributed by atoms with van der Waals surface area (Å²) in [5.74, 6) is -1.19. The second-order valence-electron chi connectivity index (χ2n) is 6.97. The number of rotatable bonds is 6. The number of sulfonamides is 1.